The molecule has 0 aliphatic rings. The lowest BCUT2D eigenvalue weighted by Crippen LogP contribution is -2.33. The van der Waals surface area contributed by atoms with Gasteiger partial charge in [-0.1, -0.05) is 12.1 Å². The van der Waals surface area contributed by atoms with Crippen molar-refractivity contribution in [2.24, 2.45) is 0 Å². The van der Waals surface area contributed by atoms with E-state index in [0.717, 1.165) is 12.1 Å². The highest BCUT2D eigenvalue weighted by atomic mass is 19.2. The van der Waals surface area contributed by atoms with E-state index >= 15 is 0 Å². The standard InChI is InChI=1S/C18H18F2N2O3/c1-12-4-3-5-16(21-12)18(24)22(9-8-17(23)25-2)11-13-6-7-14(19)15(20)10-13/h3-7,10H,8-9,11H2,1-2H3. The number of carbonyl (C=O) groups is 2. The fourth-order valence-corrected chi connectivity index (χ4v) is 2.26. The molecule has 0 N–H and O–H groups in total. The van der Waals surface area contributed by atoms with Crippen LogP contribution >= 0.6 is 0 Å². The molecule has 1 aromatic heterocycles. The van der Waals surface area contributed by atoms with E-state index in [1.54, 1.807) is 25.1 Å². The summed E-state index contributed by atoms with van der Waals surface area (Å²) < 4.78 is 31.1. The smallest absolute Gasteiger partial charge is 0.307 e. The van der Waals surface area contributed by atoms with Crippen LogP contribution in [0.5, 0.6) is 0 Å². The molecule has 0 bridgehead atoms. The molecule has 0 radical (unpaired) electrons. The molecular formula is C18H18F2N2O3. The average Bonchev–Trinajstić information content (AvgIpc) is 2.60. The molecule has 7 heteroatoms. The fourth-order valence-electron chi connectivity index (χ4n) is 2.26. The number of amides is 1. The Hall–Kier alpha value is -2.83. The van der Waals surface area contributed by atoms with E-state index in [0.29, 0.717) is 11.3 Å². The van der Waals surface area contributed by atoms with E-state index < -0.39 is 23.5 Å². The third-order valence-electron chi connectivity index (χ3n) is 3.57. The molecule has 0 saturated carbocycles. The Balaban J connectivity index is 2.23. The summed E-state index contributed by atoms with van der Waals surface area (Å²) in [6.45, 7) is 1.84. The van der Waals surface area contributed by atoms with Gasteiger partial charge in [-0.25, -0.2) is 13.8 Å². The lowest BCUT2D eigenvalue weighted by Gasteiger charge is -2.22. The predicted molar refractivity (Wildman–Crippen MR) is 86.7 cm³/mol. The van der Waals surface area contributed by atoms with Crippen molar-refractivity contribution < 1.29 is 23.1 Å². The molecule has 0 aliphatic carbocycles. The van der Waals surface area contributed by atoms with Crippen molar-refractivity contribution >= 4 is 11.9 Å². The number of hydrogen-bond acceptors (Lipinski definition) is 4. The summed E-state index contributed by atoms with van der Waals surface area (Å²) in [6, 6.07) is 8.43. The molecule has 2 aromatic rings. The summed E-state index contributed by atoms with van der Waals surface area (Å²) in [5.74, 6) is -2.83. The highest BCUT2D eigenvalue weighted by Gasteiger charge is 2.19. The van der Waals surface area contributed by atoms with Gasteiger partial charge in [-0.2, -0.15) is 0 Å². The molecule has 0 saturated heterocycles. The first-order valence-corrected chi connectivity index (χ1v) is 7.64. The number of pyridine rings is 1. The van der Waals surface area contributed by atoms with Gasteiger partial charge >= 0.3 is 5.97 Å². The fraction of sp³-hybridized carbons (Fsp3) is 0.278. The Kier molecular flexibility index (Phi) is 6.16. The van der Waals surface area contributed by atoms with E-state index in [-0.39, 0.29) is 25.2 Å². The summed E-state index contributed by atoms with van der Waals surface area (Å²) in [7, 11) is 1.26. The van der Waals surface area contributed by atoms with Crippen LogP contribution in [0.1, 0.15) is 28.2 Å². The van der Waals surface area contributed by atoms with Crippen molar-refractivity contribution in [1.82, 2.24) is 9.88 Å². The van der Waals surface area contributed by atoms with Crippen LogP contribution in [-0.2, 0) is 16.1 Å². The lowest BCUT2D eigenvalue weighted by molar-refractivity contribution is -0.140. The van der Waals surface area contributed by atoms with Gasteiger partial charge in [0.15, 0.2) is 11.6 Å². The van der Waals surface area contributed by atoms with Crippen LogP contribution in [0, 0.1) is 18.6 Å². The third kappa shape index (κ3) is 5.07. The number of nitrogens with zero attached hydrogens (tertiary/aromatic N) is 2. The minimum atomic E-state index is -0.994. The zero-order valence-corrected chi connectivity index (χ0v) is 14.0. The van der Waals surface area contributed by atoms with Gasteiger partial charge in [-0.3, -0.25) is 9.59 Å². The first-order valence-electron chi connectivity index (χ1n) is 7.64. The molecule has 5 nitrogen and oxygen atoms in total. The van der Waals surface area contributed by atoms with Crippen LogP contribution in [0.25, 0.3) is 0 Å². The number of benzene rings is 1. The number of aryl methyl sites for hydroxylation is 1. The molecule has 0 aliphatic heterocycles. The van der Waals surface area contributed by atoms with Crippen LogP contribution in [-0.4, -0.2) is 35.4 Å². The maximum absolute atomic E-state index is 13.4. The molecule has 1 amide bonds. The van der Waals surface area contributed by atoms with Gasteiger partial charge in [0.05, 0.1) is 13.5 Å². The SMILES string of the molecule is COC(=O)CCN(Cc1ccc(F)c(F)c1)C(=O)c1cccc(C)n1. The largest absolute Gasteiger partial charge is 0.469 e. The quantitative estimate of drug-likeness (QED) is 0.753. The zero-order valence-electron chi connectivity index (χ0n) is 14.0. The first kappa shape index (κ1) is 18.5. The molecule has 1 aromatic carbocycles. The topological polar surface area (TPSA) is 59.5 Å². The van der Waals surface area contributed by atoms with Gasteiger partial charge in [0.2, 0.25) is 0 Å². The van der Waals surface area contributed by atoms with Gasteiger partial charge in [-0.05, 0) is 36.8 Å². The number of carbonyl (C=O) groups excluding carboxylic acids is 2. The van der Waals surface area contributed by atoms with E-state index in [2.05, 4.69) is 9.72 Å². The van der Waals surface area contributed by atoms with Crippen LogP contribution < -0.4 is 0 Å². The molecule has 0 spiro atoms. The molecule has 0 fully saturated rings. The minimum Gasteiger partial charge on any atom is -0.469 e. The normalized spacial score (nSPS) is 10.4. The van der Waals surface area contributed by atoms with Crippen molar-refractivity contribution in [2.75, 3.05) is 13.7 Å². The number of ether oxygens (including phenoxy) is 1. The van der Waals surface area contributed by atoms with Crippen molar-refractivity contribution in [2.45, 2.75) is 19.9 Å². The van der Waals surface area contributed by atoms with Gasteiger partial charge in [0, 0.05) is 18.8 Å². The Bertz CT molecular complexity index is 781. The second-order valence-electron chi connectivity index (χ2n) is 5.47. The van der Waals surface area contributed by atoms with E-state index in [1.165, 1.54) is 18.1 Å². The zero-order chi connectivity index (χ0) is 18.4. The van der Waals surface area contributed by atoms with Gasteiger partial charge in [0.1, 0.15) is 5.69 Å². The summed E-state index contributed by atoms with van der Waals surface area (Å²) in [6.07, 6.45) is -0.0161. The molecule has 25 heavy (non-hydrogen) atoms. The van der Waals surface area contributed by atoms with Crippen molar-refractivity contribution in [3.8, 4) is 0 Å². The second-order valence-corrected chi connectivity index (χ2v) is 5.47. The first-order chi connectivity index (χ1) is 11.9. The van der Waals surface area contributed by atoms with Crippen LogP contribution in [0.3, 0.4) is 0 Å². The molecule has 2 rings (SSSR count). The highest BCUT2D eigenvalue weighted by Crippen LogP contribution is 2.14. The van der Waals surface area contributed by atoms with Crippen LogP contribution in [0.2, 0.25) is 0 Å². The third-order valence-corrected chi connectivity index (χ3v) is 3.57. The molecule has 0 atom stereocenters. The van der Waals surface area contributed by atoms with E-state index in [1.807, 2.05) is 0 Å². The number of halogens is 2. The maximum Gasteiger partial charge on any atom is 0.307 e. The van der Waals surface area contributed by atoms with Crippen molar-refractivity contribution in [3.05, 3.63) is 65.0 Å². The number of esters is 1. The van der Waals surface area contributed by atoms with Crippen molar-refractivity contribution in [1.29, 1.82) is 0 Å². The average molecular weight is 348 g/mol. The summed E-state index contributed by atoms with van der Waals surface area (Å²) in [5, 5.41) is 0. The highest BCUT2D eigenvalue weighted by molar-refractivity contribution is 5.92. The Morgan fingerprint density at radius 3 is 2.56 bits per heavy atom. The summed E-state index contributed by atoms with van der Waals surface area (Å²) in [4.78, 5) is 29.6. The number of aromatic nitrogens is 1. The van der Waals surface area contributed by atoms with Crippen LogP contribution in [0.4, 0.5) is 8.78 Å². The number of rotatable bonds is 6. The molecular weight excluding hydrogens is 330 g/mol. The monoisotopic (exact) mass is 348 g/mol. The summed E-state index contributed by atoms with van der Waals surface area (Å²) in [5.41, 5.74) is 1.30. The van der Waals surface area contributed by atoms with Crippen molar-refractivity contribution in [3.63, 3.8) is 0 Å². The number of hydrogen-bond donors (Lipinski definition) is 0. The van der Waals surface area contributed by atoms with E-state index in [4.69, 9.17) is 0 Å². The Labute approximate surface area is 144 Å². The maximum atomic E-state index is 13.4. The second kappa shape index (κ2) is 8.32. The number of methoxy groups -OCH3 is 1. The van der Waals surface area contributed by atoms with Gasteiger partial charge in [0.25, 0.3) is 5.91 Å². The lowest BCUT2D eigenvalue weighted by atomic mass is 10.1. The molecule has 1 heterocycles. The van der Waals surface area contributed by atoms with Crippen LogP contribution in [0.15, 0.2) is 36.4 Å². The Morgan fingerprint density at radius 2 is 1.92 bits per heavy atom. The molecule has 0 unspecified atom stereocenters. The summed E-state index contributed by atoms with van der Waals surface area (Å²) >= 11 is 0. The Morgan fingerprint density at radius 1 is 1.16 bits per heavy atom. The van der Waals surface area contributed by atoms with Gasteiger partial charge in [-0.15, -0.1) is 0 Å². The van der Waals surface area contributed by atoms with Gasteiger partial charge < -0.3 is 9.64 Å². The molecule has 132 valence electrons. The minimum absolute atomic E-state index is 0.0161. The predicted octanol–water partition coefficient (Wildman–Crippen LogP) is 2.87. The van der Waals surface area contributed by atoms with E-state index in [9.17, 15) is 18.4 Å².